The lowest BCUT2D eigenvalue weighted by Gasteiger charge is -2.14. The Hall–Kier alpha value is -2.72. The van der Waals surface area contributed by atoms with Crippen LogP contribution >= 0.6 is 8.46 Å². The molecule has 7 heteroatoms. The first-order chi connectivity index (χ1) is 13.7. The molecule has 1 atom stereocenters. The van der Waals surface area contributed by atoms with Gasteiger partial charge in [-0.1, -0.05) is 60.7 Å². The molecule has 0 aliphatic carbocycles. The van der Waals surface area contributed by atoms with Gasteiger partial charge in [-0.3, -0.25) is 9.36 Å². The van der Waals surface area contributed by atoms with Crippen LogP contribution in [0.25, 0.3) is 0 Å². The van der Waals surface area contributed by atoms with Gasteiger partial charge in [-0.2, -0.15) is 0 Å². The number of alkyl carbamates (subject to hydrolysis) is 1. The van der Waals surface area contributed by atoms with Gasteiger partial charge in [-0.05, 0) is 24.0 Å². The molecule has 0 aliphatic heterocycles. The van der Waals surface area contributed by atoms with Gasteiger partial charge in [0.15, 0.2) is 8.46 Å². The topological polar surface area (TPSA) is 81.7 Å². The molecule has 0 fully saturated rings. The van der Waals surface area contributed by atoms with Crippen molar-refractivity contribution in [3.63, 3.8) is 0 Å². The maximum atomic E-state index is 12.2. The molecule has 2 aromatic rings. The molecular formula is C21H24NO5P. The second kappa shape index (κ2) is 12.6. The fraction of sp³-hybridized carbons (Fsp3) is 0.333. The quantitative estimate of drug-likeness (QED) is 0.350. The highest BCUT2D eigenvalue weighted by molar-refractivity contribution is 7.23. The number of aryl methyl sites for hydroxylation is 1. The van der Waals surface area contributed by atoms with Gasteiger partial charge in [-0.15, -0.1) is 0 Å². The van der Waals surface area contributed by atoms with E-state index in [4.69, 9.17) is 9.47 Å². The van der Waals surface area contributed by atoms with Crippen molar-refractivity contribution in [2.24, 2.45) is 5.92 Å². The van der Waals surface area contributed by atoms with E-state index in [1.807, 2.05) is 60.7 Å². The Morgan fingerprint density at radius 1 is 0.929 bits per heavy atom. The van der Waals surface area contributed by atoms with Crippen molar-refractivity contribution in [2.75, 3.05) is 19.3 Å². The van der Waals surface area contributed by atoms with E-state index in [1.54, 1.807) is 0 Å². The van der Waals surface area contributed by atoms with E-state index in [9.17, 15) is 14.2 Å². The SMILES string of the molecule is O=PCC(CCc1ccccc1)C(=O)OCCNC(=O)OCc1ccccc1. The maximum absolute atomic E-state index is 12.2. The Kier molecular flexibility index (Phi) is 9.73. The zero-order valence-electron chi connectivity index (χ0n) is 15.6. The van der Waals surface area contributed by atoms with Gasteiger partial charge < -0.3 is 14.8 Å². The summed E-state index contributed by atoms with van der Waals surface area (Å²) in [6.45, 7) is 0.368. The second-order valence-corrected chi connectivity index (χ2v) is 6.81. The summed E-state index contributed by atoms with van der Waals surface area (Å²) >= 11 is 0. The first-order valence-corrected chi connectivity index (χ1v) is 10.1. The van der Waals surface area contributed by atoms with Crippen LogP contribution in [0.4, 0.5) is 4.79 Å². The van der Waals surface area contributed by atoms with Crippen molar-refractivity contribution in [3.05, 3.63) is 71.8 Å². The Morgan fingerprint density at radius 3 is 2.21 bits per heavy atom. The monoisotopic (exact) mass is 401 g/mol. The summed E-state index contributed by atoms with van der Waals surface area (Å²) in [5.41, 5.74) is 2.01. The molecular weight excluding hydrogens is 377 g/mol. The molecule has 1 unspecified atom stereocenters. The Bertz CT molecular complexity index is 739. The summed E-state index contributed by atoms with van der Waals surface area (Å²) in [5, 5.41) is 2.54. The molecule has 1 amide bonds. The van der Waals surface area contributed by atoms with Gasteiger partial charge in [0.05, 0.1) is 12.5 Å². The largest absolute Gasteiger partial charge is 0.464 e. The molecule has 0 bridgehead atoms. The summed E-state index contributed by atoms with van der Waals surface area (Å²) in [6, 6.07) is 19.1. The number of nitrogens with one attached hydrogen (secondary N) is 1. The molecule has 6 nitrogen and oxygen atoms in total. The fourth-order valence-corrected chi connectivity index (χ4v) is 3.07. The normalized spacial score (nSPS) is 11.6. The molecule has 1 N–H and O–H groups in total. The minimum Gasteiger partial charge on any atom is -0.464 e. The van der Waals surface area contributed by atoms with E-state index in [0.717, 1.165) is 11.1 Å². The third kappa shape index (κ3) is 8.31. The van der Waals surface area contributed by atoms with Crippen LogP contribution in [-0.2, 0) is 31.9 Å². The molecule has 148 valence electrons. The van der Waals surface area contributed by atoms with Crippen LogP contribution < -0.4 is 5.32 Å². The van der Waals surface area contributed by atoms with E-state index in [1.165, 1.54) is 0 Å². The summed E-state index contributed by atoms with van der Waals surface area (Å²) in [5.74, 6) is -0.844. The van der Waals surface area contributed by atoms with Crippen LogP contribution in [0.15, 0.2) is 60.7 Å². The summed E-state index contributed by atoms with van der Waals surface area (Å²) in [4.78, 5) is 23.8. The highest BCUT2D eigenvalue weighted by atomic mass is 31.1. The molecule has 0 aliphatic rings. The molecule has 0 radical (unpaired) electrons. The number of carbonyl (C=O) groups excluding carboxylic acids is 2. The van der Waals surface area contributed by atoms with Crippen LogP contribution in [-0.4, -0.2) is 31.4 Å². The molecule has 0 aromatic heterocycles. The standard InChI is InChI=1S/C21H24NO5P/c23-20(19(16-28-25)12-11-17-7-3-1-4-8-17)26-14-13-22-21(24)27-15-18-9-5-2-6-10-18/h1-10,19H,11-16H2,(H,22,24). The Labute approximate surface area is 166 Å². The van der Waals surface area contributed by atoms with E-state index in [-0.39, 0.29) is 34.4 Å². The molecule has 0 saturated carbocycles. The number of benzene rings is 2. The van der Waals surface area contributed by atoms with Crippen molar-refractivity contribution in [3.8, 4) is 0 Å². The van der Waals surface area contributed by atoms with E-state index in [2.05, 4.69) is 5.32 Å². The molecule has 0 spiro atoms. The molecule has 0 saturated heterocycles. The van der Waals surface area contributed by atoms with Crippen molar-refractivity contribution in [1.82, 2.24) is 5.32 Å². The smallest absolute Gasteiger partial charge is 0.407 e. The summed E-state index contributed by atoms with van der Waals surface area (Å²) in [7, 11) is -0.0868. The lowest BCUT2D eigenvalue weighted by molar-refractivity contribution is -0.147. The van der Waals surface area contributed by atoms with Gasteiger partial charge >= 0.3 is 12.1 Å². The zero-order valence-corrected chi connectivity index (χ0v) is 16.5. The second-order valence-electron chi connectivity index (χ2n) is 6.19. The third-order valence-corrected chi connectivity index (χ3v) is 4.67. The minimum atomic E-state index is -0.571. The lowest BCUT2D eigenvalue weighted by Crippen LogP contribution is -2.30. The highest BCUT2D eigenvalue weighted by Crippen LogP contribution is 2.16. The van der Waals surface area contributed by atoms with Crippen LogP contribution in [0, 0.1) is 5.92 Å². The van der Waals surface area contributed by atoms with Gasteiger partial charge in [0.2, 0.25) is 0 Å². The van der Waals surface area contributed by atoms with E-state index in [0.29, 0.717) is 12.8 Å². The molecule has 2 rings (SSSR count). The van der Waals surface area contributed by atoms with E-state index >= 15 is 0 Å². The predicted molar refractivity (Wildman–Crippen MR) is 106 cm³/mol. The number of rotatable bonds is 11. The highest BCUT2D eigenvalue weighted by Gasteiger charge is 2.20. The van der Waals surface area contributed by atoms with Gasteiger partial charge in [0.25, 0.3) is 0 Å². The van der Waals surface area contributed by atoms with Gasteiger partial charge in [0.1, 0.15) is 13.2 Å². The van der Waals surface area contributed by atoms with Crippen LogP contribution in [0.3, 0.4) is 0 Å². The van der Waals surface area contributed by atoms with Crippen LogP contribution in [0.1, 0.15) is 17.5 Å². The Balaban J connectivity index is 1.64. The maximum Gasteiger partial charge on any atom is 0.407 e. The van der Waals surface area contributed by atoms with Crippen molar-refractivity contribution in [2.45, 2.75) is 19.4 Å². The van der Waals surface area contributed by atoms with Crippen LogP contribution in [0.5, 0.6) is 0 Å². The average molecular weight is 401 g/mol. The van der Waals surface area contributed by atoms with Gasteiger partial charge in [0, 0.05) is 6.16 Å². The predicted octanol–water partition coefficient (Wildman–Crippen LogP) is 4.00. The number of carbonyl (C=O) groups is 2. The number of ether oxygens (including phenoxy) is 2. The molecule has 2 aromatic carbocycles. The van der Waals surface area contributed by atoms with E-state index < -0.39 is 18.0 Å². The summed E-state index contributed by atoms with van der Waals surface area (Å²) in [6.07, 6.45) is 0.918. The number of esters is 1. The van der Waals surface area contributed by atoms with Gasteiger partial charge in [-0.25, -0.2) is 4.79 Å². The summed E-state index contributed by atoms with van der Waals surface area (Å²) < 4.78 is 21.2. The van der Waals surface area contributed by atoms with Crippen molar-refractivity contribution >= 4 is 20.5 Å². The first-order valence-electron chi connectivity index (χ1n) is 9.13. The average Bonchev–Trinajstić information content (AvgIpc) is 2.74. The first kappa shape index (κ1) is 21.6. The van der Waals surface area contributed by atoms with Crippen LogP contribution in [0.2, 0.25) is 0 Å². The third-order valence-electron chi connectivity index (χ3n) is 4.08. The number of amides is 1. The lowest BCUT2D eigenvalue weighted by atomic mass is 10.0. The minimum absolute atomic E-state index is 0.0385. The molecule has 28 heavy (non-hydrogen) atoms. The zero-order chi connectivity index (χ0) is 20.0. The molecule has 0 heterocycles. The van der Waals surface area contributed by atoms with Crippen molar-refractivity contribution < 1.29 is 23.6 Å². The van der Waals surface area contributed by atoms with Crippen molar-refractivity contribution in [1.29, 1.82) is 0 Å². The Morgan fingerprint density at radius 2 is 1.57 bits per heavy atom. The fourth-order valence-electron chi connectivity index (χ4n) is 2.56. The number of hydrogen-bond donors (Lipinski definition) is 1. The number of hydrogen-bond acceptors (Lipinski definition) is 5.